The highest BCUT2D eigenvalue weighted by molar-refractivity contribution is 9.10. The van der Waals surface area contributed by atoms with Gasteiger partial charge >= 0.3 is 5.97 Å². The summed E-state index contributed by atoms with van der Waals surface area (Å²) in [5.41, 5.74) is 1.64. The summed E-state index contributed by atoms with van der Waals surface area (Å²) in [6.07, 6.45) is 0.799. The van der Waals surface area contributed by atoms with Gasteiger partial charge in [0.05, 0.1) is 5.56 Å². The number of carboxylic acids is 1. The molecule has 1 amide bonds. The smallest absolute Gasteiger partial charge is 0.303 e. The van der Waals surface area contributed by atoms with Crippen LogP contribution in [-0.2, 0) is 4.79 Å². The Hall–Kier alpha value is -1.36. The van der Waals surface area contributed by atoms with Crippen molar-refractivity contribution >= 4 is 27.8 Å². The molecule has 4 nitrogen and oxygen atoms in total. The Morgan fingerprint density at radius 3 is 2.63 bits per heavy atom. The van der Waals surface area contributed by atoms with Gasteiger partial charge in [0.15, 0.2) is 0 Å². The summed E-state index contributed by atoms with van der Waals surface area (Å²) in [5, 5.41) is 11.5. The lowest BCUT2D eigenvalue weighted by Crippen LogP contribution is -2.30. The molecule has 0 radical (unpaired) electrons. The van der Waals surface area contributed by atoms with Gasteiger partial charge in [-0.3, -0.25) is 9.59 Å². The van der Waals surface area contributed by atoms with Crippen molar-refractivity contribution in [2.75, 3.05) is 6.54 Å². The van der Waals surface area contributed by atoms with Crippen molar-refractivity contribution < 1.29 is 14.7 Å². The Morgan fingerprint density at radius 1 is 1.42 bits per heavy atom. The number of hydrogen-bond acceptors (Lipinski definition) is 2. The van der Waals surface area contributed by atoms with Crippen molar-refractivity contribution in [1.29, 1.82) is 0 Å². The maximum Gasteiger partial charge on any atom is 0.303 e. The molecule has 0 fully saturated rings. The van der Waals surface area contributed by atoms with E-state index in [1.807, 2.05) is 26.0 Å². The monoisotopic (exact) mass is 327 g/mol. The predicted molar refractivity (Wildman–Crippen MR) is 77.2 cm³/mol. The van der Waals surface area contributed by atoms with Crippen LogP contribution in [0.4, 0.5) is 0 Å². The predicted octanol–water partition coefficient (Wildman–Crippen LogP) is 2.99. The summed E-state index contributed by atoms with van der Waals surface area (Å²) in [4.78, 5) is 22.6. The van der Waals surface area contributed by atoms with E-state index in [0.717, 1.165) is 16.5 Å². The number of benzene rings is 1. The molecule has 104 valence electrons. The molecule has 0 spiro atoms. The molecule has 0 saturated carbocycles. The van der Waals surface area contributed by atoms with Gasteiger partial charge in [0, 0.05) is 17.4 Å². The Bertz CT molecular complexity index is 474. The summed E-state index contributed by atoms with van der Waals surface area (Å²) in [6, 6.07) is 5.50. The summed E-state index contributed by atoms with van der Waals surface area (Å²) < 4.78 is 0.747. The largest absolute Gasteiger partial charge is 0.481 e. The maximum absolute atomic E-state index is 12.0. The minimum Gasteiger partial charge on any atom is -0.481 e. The van der Waals surface area contributed by atoms with Gasteiger partial charge in [0.25, 0.3) is 5.91 Å². The second-order valence-electron chi connectivity index (χ2n) is 4.57. The van der Waals surface area contributed by atoms with E-state index in [1.54, 1.807) is 6.07 Å². The summed E-state index contributed by atoms with van der Waals surface area (Å²) in [6.45, 7) is 4.25. The first kappa shape index (κ1) is 15.7. The molecule has 0 aliphatic rings. The first-order valence-electron chi connectivity index (χ1n) is 6.20. The second-order valence-corrected chi connectivity index (χ2v) is 5.42. The van der Waals surface area contributed by atoms with Crippen LogP contribution < -0.4 is 5.32 Å². The molecular formula is C14H18BrNO3. The highest BCUT2D eigenvalue weighted by Gasteiger charge is 2.14. The second kappa shape index (κ2) is 7.28. The van der Waals surface area contributed by atoms with Gasteiger partial charge in [0.2, 0.25) is 0 Å². The highest BCUT2D eigenvalue weighted by atomic mass is 79.9. The van der Waals surface area contributed by atoms with Crippen LogP contribution in [0.3, 0.4) is 0 Å². The van der Waals surface area contributed by atoms with Crippen LogP contribution in [0.2, 0.25) is 0 Å². The molecule has 1 aromatic rings. The van der Waals surface area contributed by atoms with Crippen molar-refractivity contribution in [2.24, 2.45) is 5.92 Å². The third-order valence-corrected chi connectivity index (χ3v) is 3.62. The van der Waals surface area contributed by atoms with Gasteiger partial charge in [-0.1, -0.05) is 19.4 Å². The zero-order valence-corrected chi connectivity index (χ0v) is 12.7. The normalized spacial score (nSPS) is 11.9. The van der Waals surface area contributed by atoms with Crippen molar-refractivity contribution in [1.82, 2.24) is 5.32 Å². The third-order valence-electron chi connectivity index (χ3n) is 2.96. The zero-order chi connectivity index (χ0) is 14.4. The fraction of sp³-hybridized carbons (Fsp3) is 0.429. The van der Waals surface area contributed by atoms with E-state index in [0.29, 0.717) is 12.1 Å². The number of aliphatic carboxylic acids is 1. The number of hydrogen-bond donors (Lipinski definition) is 2. The van der Waals surface area contributed by atoms with E-state index < -0.39 is 5.97 Å². The van der Waals surface area contributed by atoms with E-state index in [9.17, 15) is 9.59 Å². The minimum atomic E-state index is -0.836. The van der Waals surface area contributed by atoms with Gasteiger partial charge in [-0.2, -0.15) is 0 Å². The molecule has 0 aliphatic carbocycles. The minimum absolute atomic E-state index is 0.0364. The first-order chi connectivity index (χ1) is 8.93. The topological polar surface area (TPSA) is 66.4 Å². The molecule has 0 aromatic heterocycles. The maximum atomic E-state index is 12.0. The standard InChI is InChI=1S/C14H18BrNO3/c1-3-10(7-13(17)18)8-16-14(19)11-5-4-9(2)6-12(11)15/h4-6,10H,3,7-8H2,1-2H3,(H,16,19)(H,17,18). The fourth-order valence-electron chi connectivity index (χ4n) is 1.74. The molecule has 0 heterocycles. The number of carboxylic acid groups (broad SMARTS) is 1. The number of amides is 1. The van der Waals surface area contributed by atoms with E-state index in [4.69, 9.17) is 5.11 Å². The summed E-state index contributed by atoms with van der Waals surface area (Å²) in [5.74, 6) is -1.06. The van der Waals surface area contributed by atoms with Crippen molar-refractivity contribution in [3.8, 4) is 0 Å². The van der Waals surface area contributed by atoms with E-state index in [1.165, 1.54) is 0 Å². The lowest BCUT2D eigenvalue weighted by Gasteiger charge is -2.14. The van der Waals surface area contributed by atoms with Gasteiger partial charge in [-0.05, 0) is 46.5 Å². The number of halogens is 1. The molecule has 0 aliphatic heterocycles. The lowest BCUT2D eigenvalue weighted by molar-refractivity contribution is -0.138. The quantitative estimate of drug-likeness (QED) is 0.844. The molecule has 1 rings (SSSR count). The molecule has 19 heavy (non-hydrogen) atoms. The molecule has 5 heteroatoms. The number of rotatable bonds is 6. The Labute approximate surface area is 121 Å². The lowest BCUT2D eigenvalue weighted by atomic mass is 10.0. The van der Waals surface area contributed by atoms with Crippen LogP contribution in [0, 0.1) is 12.8 Å². The molecular weight excluding hydrogens is 310 g/mol. The van der Waals surface area contributed by atoms with E-state index in [2.05, 4.69) is 21.2 Å². The molecule has 0 bridgehead atoms. The van der Waals surface area contributed by atoms with Crippen LogP contribution in [0.1, 0.15) is 35.7 Å². The van der Waals surface area contributed by atoms with Crippen molar-refractivity contribution in [3.05, 3.63) is 33.8 Å². The highest BCUT2D eigenvalue weighted by Crippen LogP contribution is 2.18. The Morgan fingerprint density at radius 2 is 2.11 bits per heavy atom. The molecule has 0 saturated heterocycles. The third kappa shape index (κ3) is 5.03. The molecule has 1 aromatic carbocycles. The first-order valence-corrected chi connectivity index (χ1v) is 6.99. The van der Waals surface area contributed by atoms with Gasteiger partial charge in [0.1, 0.15) is 0 Å². The van der Waals surface area contributed by atoms with Crippen molar-refractivity contribution in [2.45, 2.75) is 26.7 Å². The summed E-state index contributed by atoms with van der Waals surface area (Å²) >= 11 is 3.36. The molecule has 1 atom stereocenters. The van der Waals surface area contributed by atoms with E-state index >= 15 is 0 Å². The van der Waals surface area contributed by atoms with Gasteiger partial charge < -0.3 is 10.4 Å². The number of nitrogens with one attached hydrogen (secondary N) is 1. The number of carbonyl (C=O) groups excluding carboxylic acids is 1. The van der Waals surface area contributed by atoms with Gasteiger partial charge in [-0.25, -0.2) is 0 Å². The van der Waals surface area contributed by atoms with E-state index in [-0.39, 0.29) is 18.2 Å². The van der Waals surface area contributed by atoms with Gasteiger partial charge in [-0.15, -0.1) is 0 Å². The van der Waals surface area contributed by atoms with Crippen LogP contribution in [0.25, 0.3) is 0 Å². The Balaban J connectivity index is 2.61. The average molecular weight is 328 g/mol. The zero-order valence-electron chi connectivity index (χ0n) is 11.1. The van der Waals surface area contributed by atoms with Crippen LogP contribution >= 0.6 is 15.9 Å². The van der Waals surface area contributed by atoms with Crippen LogP contribution in [0.5, 0.6) is 0 Å². The SMILES string of the molecule is CCC(CNC(=O)c1ccc(C)cc1Br)CC(=O)O. The average Bonchev–Trinajstić information content (AvgIpc) is 2.33. The fourth-order valence-corrected chi connectivity index (χ4v) is 2.42. The molecule has 2 N–H and O–H groups in total. The number of carbonyl (C=O) groups is 2. The van der Waals surface area contributed by atoms with Crippen LogP contribution in [-0.4, -0.2) is 23.5 Å². The Kier molecular flexibility index (Phi) is 6.02. The van der Waals surface area contributed by atoms with Crippen LogP contribution in [0.15, 0.2) is 22.7 Å². The summed E-state index contributed by atoms with van der Waals surface area (Å²) in [7, 11) is 0. The molecule has 1 unspecified atom stereocenters. The number of aryl methyl sites for hydroxylation is 1. The van der Waals surface area contributed by atoms with Crippen molar-refractivity contribution in [3.63, 3.8) is 0 Å².